The molecule has 3 heterocycles. The van der Waals surface area contributed by atoms with Gasteiger partial charge in [0.25, 0.3) is 0 Å². The number of cyclic esters (lactones) is 1. The number of fused-ring (bicyclic) bond motifs is 1. The van der Waals surface area contributed by atoms with Gasteiger partial charge >= 0.3 is 12.1 Å². The van der Waals surface area contributed by atoms with E-state index in [1.165, 1.54) is 6.33 Å². The van der Waals surface area contributed by atoms with Crippen LogP contribution in [0.2, 0.25) is 0 Å². The van der Waals surface area contributed by atoms with E-state index in [-0.39, 0.29) is 12.2 Å². The first kappa shape index (κ1) is 31.8. The molecule has 0 radical (unpaired) electrons. The second kappa shape index (κ2) is 15.4. The minimum atomic E-state index is -0.637. The Hall–Kier alpha value is -4.66. The molecule has 3 amide bonds. The fourth-order valence-corrected chi connectivity index (χ4v) is 4.99. The number of hydrogen-bond acceptors (Lipinski definition) is 8. The van der Waals surface area contributed by atoms with E-state index >= 15 is 0 Å². The van der Waals surface area contributed by atoms with Crippen LogP contribution in [0.3, 0.4) is 0 Å². The second-order valence-corrected chi connectivity index (χ2v) is 11.3. The van der Waals surface area contributed by atoms with Crippen LogP contribution in [0.15, 0.2) is 61.1 Å². The summed E-state index contributed by atoms with van der Waals surface area (Å²) in [6.07, 6.45) is 6.93. The van der Waals surface area contributed by atoms with Crippen LogP contribution < -0.4 is 15.4 Å². The van der Waals surface area contributed by atoms with Crippen molar-refractivity contribution >= 4 is 23.6 Å². The number of carbonyl (C=O) groups excluding carboxylic acids is 2. The van der Waals surface area contributed by atoms with Gasteiger partial charge in [-0.15, -0.1) is 0 Å². The topological polar surface area (TPSA) is 124 Å². The van der Waals surface area contributed by atoms with Crippen molar-refractivity contribution in [1.29, 1.82) is 0 Å². The van der Waals surface area contributed by atoms with Crippen molar-refractivity contribution in [3.63, 3.8) is 0 Å². The second-order valence-electron chi connectivity index (χ2n) is 11.3. The number of benzene rings is 2. The first-order valence-corrected chi connectivity index (χ1v) is 15.3. The molecule has 1 aromatic heterocycles. The molecule has 1 fully saturated rings. The molecule has 2 aliphatic rings. The molecule has 1 atom stereocenters. The van der Waals surface area contributed by atoms with Crippen molar-refractivity contribution in [2.45, 2.75) is 64.4 Å². The van der Waals surface area contributed by atoms with E-state index in [0.717, 1.165) is 48.1 Å². The summed E-state index contributed by atoms with van der Waals surface area (Å²) in [6, 6.07) is 14.5. The lowest BCUT2D eigenvalue weighted by Gasteiger charge is -2.32. The Morgan fingerprint density at radius 3 is 2.84 bits per heavy atom. The fraction of sp³-hybridized carbons (Fsp3) is 0.412. The molecule has 3 aromatic rings. The molecule has 11 nitrogen and oxygen atoms in total. The van der Waals surface area contributed by atoms with Gasteiger partial charge in [-0.1, -0.05) is 36.8 Å². The van der Waals surface area contributed by atoms with Crippen LogP contribution in [-0.2, 0) is 20.8 Å². The number of unbranched alkanes of at least 4 members (excludes halogenated alkanes) is 3. The zero-order chi connectivity index (χ0) is 31.5. The summed E-state index contributed by atoms with van der Waals surface area (Å²) < 4.78 is 23.0. The predicted octanol–water partition coefficient (Wildman–Crippen LogP) is 6.28. The molecule has 2 N–H and O–H groups in total. The quantitative estimate of drug-likeness (QED) is 0.181. The van der Waals surface area contributed by atoms with E-state index in [2.05, 4.69) is 32.4 Å². The van der Waals surface area contributed by atoms with Gasteiger partial charge in [-0.2, -0.15) is 0 Å². The van der Waals surface area contributed by atoms with Crippen LogP contribution in [-0.4, -0.2) is 59.1 Å². The Morgan fingerprint density at radius 2 is 1.98 bits per heavy atom. The summed E-state index contributed by atoms with van der Waals surface area (Å²) >= 11 is 0. The van der Waals surface area contributed by atoms with Gasteiger partial charge in [-0.25, -0.2) is 19.6 Å². The van der Waals surface area contributed by atoms with Crippen LogP contribution in [0.25, 0.3) is 0 Å². The van der Waals surface area contributed by atoms with Crippen LogP contribution >= 0.6 is 0 Å². The molecule has 236 valence electrons. The van der Waals surface area contributed by atoms with Gasteiger partial charge in [0.05, 0.1) is 19.8 Å². The van der Waals surface area contributed by atoms with Crippen molar-refractivity contribution in [3.8, 4) is 17.6 Å². The van der Waals surface area contributed by atoms with Gasteiger partial charge in [-0.3, -0.25) is 5.32 Å². The third kappa shape index (κ3) is 9.66. The normalized spacial score (nSPS) is 16.5. The number of nitrogens with one attached hydrogen (secondary N) is 2. The zero-order valence-corrected chi connectivity index (χ0v) is 25.7. The highest BCUT2D eigenvalue weighted by molar-refractivity contribution is 5.99. The zero-order valence-electron chi connectivity index (χ0n) is 25.7. The summed E-state index contributed by atoms with van der Waals surface area (Å²) in [4.78, 5) is 34.2. The molecule has 0 spiro atoms. The minimum absolute atomic E-state index is 0.261. The smallest absolute Gasteiger partial charge is 0.410 e. The summed E-state index contributed by atoms with van der Waals surface area (Å²) in [6.45, 7) is 6.73. The first-order chi connectivity index (χ1) is 21.8. The standard InChI is InChI=1S/C34H39N5O6/c1-34(2)43-23-27-21-26(13-14-29(27)45-34)30-22-39(33(41)44-30)17-6-3-4-7-18-42-19-8-5-10-25-11-9-12-28(20-25)37-32(40)38-31-15-16-35-24-36-31/h9,11-16,20-21,24,30H,3-4,6-8,17-19,22-23H2,1-2H3,(H2,35,36,37,38,40). The van der Waals surface area contributed by atoms with E-state index < -0.39 is 11.8 Å². The predicted molar refractivity (Wildman–Crippen MR) is 169 cm³/mol. The lowest BCUT2D eigenvalue weighted by atomic mass is 10.0. The van der Waals surface area contributed by atoms with Gasteiger partial charge in [0.15, 0.2) is 0 Å². The van der Waals surface area contributed by atoms with Crippen LogP contribution in [0.1, 0.15) is 68.7 Å². The monoisotopic (exact) mass is 613 g/mol. The van der Waals surface area contributed by atoms with Crippen molar-refractivity contribution in [2.75, 3.05) is 36.9 Å². The molecule has 0 aliphatic carbocycles. The Bertz CT molecular complexity index is 1520. The molecule has 45 heavy (non-hydrogen) atoms. The Kier molecular flexibility index (Phi) is 10.8. The number of anilines is 2. The maximum Gasteiger partial charge on any atom is 0.410 e. The molecule has 0 saturated carbocycles. The molecule has 5 rings (SSSR count). The van der Waals surface area contributed by atoms with E-state index in [9.17, 15) is 9.59 Å². The van der Waals surface area contributed by atoms with Gasteiger partial charge in [0.2, 0.25) is 5.79 Å². The highest BCUT2D eigenvalue weighted by Crippen LogP contribution is 2.35. The number of ether oxygens (including phenoxy) is 4. The lowest BCUT2D eigenvalue weighted by Crippen LogP contribution is -2.35. The summed E-state index contributed by atoms with van der Waals surface area (Å²) in [5.74, 6) is 6.82. The Balaban J connectivity index is 0.915. The summed E-state index contributed by atoms with van der Waals surface area (Å²) in [7, 11) is 0. The number of carbonyl (C=O) groups is 2. The van der Waals surface area contributed by atoms with Crippen LogP contribution in [0.4, 0.5) is 21.1 Å². The molecule has 0 bridgehead atoms. The van der Waals surface area contributed by atoms with Crippen molar-refractivity contribution in [1.82, 2.24) is 14.9 Å². The number of amides is 3. The Labute approximate surface area is 263 Å². The SMILES string of the molecule is CC1(C)OCc2cc(C3CN(CCCCCCOCCC#Cc4cccc(NC(=O)Nc5ccncn5)c4)C(=O)O3)ccc2O1. The lowest BCUT2D eigenvalue weighted by molar-refractivity contribution is -0.180. The third-order valence-electron chi connectivity index (χ3n) is 7.29. The molecule has 1 saturated heterocycles. The number of nitrogens with zero attached hydrogens (tertiary/aromatic N) is 3. The van der Waals surface area contributed by atoms with E-state index in [1.54, 1.807) is 23.2 Å². The summed E-state index contributed by atoms with van der Waals surface area (Å²) in [5, 5.41) is 5.42. The number of rotatable bonds is 12. The molecule has 1 unspecified atom stereocenters. The molecule has 11 heteroatoms. The number of aromatic nitrogens is 2. The summed E-state index contributed by atoms with van der Waals surface area (Å²) in [5.41, 5.74) is 3.37. The van der Waals surface area contributed by atoms with Crippen LogP contribution in [0.5, 0.6) is 5.75 Å². The fourth-order valence-electron chi connectivity index (χ4n) is 4.99. The van der Waals surface area contributed by atoms with Crippen molar-refractivity contribution in [3.05, 3.63) is 77.7 Å². The Morgan fingerprint density at radius 1 is 1.09 bits per heavy atom. The average molecular weight is 614 g/mol. The number of hydrogen-bond donors (Lipinski definition) is 2. The molecular weight excluding hydrogens is 574 g/mol. The minimum Gasteiger partial charge on any atom is -0.463 e. The van der Waals surface area contributed by atoms with Crippen molar-refractivity contribution in [2.24, 2.45) is 0 Å². The maximum atomic E-state index is 12.4. The molecule has 2 aromatic carbocycles. The van der Waals surface area contributed by atoms with Gasteiger partial charge in [-0.05, 0) is 54.8 Å². The van der Waals surface area contributed by atoms with Crippen molar-refractivity contribution < 1.29 is 28.5 Å². The van der Waals surface area contributed by atoms with Crippen LogP contribution in [0, 0.1) is 11.8 Å². The first-order valence-electron chi connectivity index (χ1n) is 15.3. The molecular formula is C34H39N5O6. The van der Waals surface area contributed by atoms with E-state index in [0.29, 0.717) is 50.8 Å². The van der Waals surface area contributed by atoms with Gasteiger partial charge in [0.1, 0.15) is 24.0 Å². The highest BCUT2D eigenvalue weighted by Gasteiger charge is 2.33. The molecule has 2 aliphatic heterocycles. The van der Waals surface area contributed by atoms with E-state index in [1.807, 2.05) is 50.2 Å². The number of urea groups is 1. The highest BCUT2D eigenvalue weighted by atomic mass is 16.7. The maximum absolute atomic E-state index is 12.4. The average Bonchev–Trinajstić information content (AvgIpc) is 3.39. The van der Waals surface area contributed by atoms with Gasteiger partial charge in [0, 0.05) is 56.4 Å². The largest absolute Gasteiger partial charge is 0.463 e. The third-order valence-corrected chi connectivity index (χ3v) is 7.29. The van der Waals surface area contributed by atoms with E-state index in [4.69, 9.17) is 18.9 Å². The van der Waals surface area contributed by atoms with Gasteiger partial charge < -0.3 is 29.2 Å².